The highest BCUT2D eigenvalue weighted by molar-refractivity contribution is 6.03. The highest BCUT2D eigenvalue weighted by Gasteiger charge is 2.26. The van der Waals surface area contributed by atoms with Crippen molar-refractivity contribution in [2.24, 2.45) is 0 Å². The van der Waals surface area contributed by atoms with Crippen LogP contribution in [-0.4, -0.2) is 5.91 Å². The Morgan fingerprint density at radius 2 is 1.68 bits per heavy atom. The van der Waals surface area contributed by atoms with Crippen LogP contribution >= 0.6 is 0 Å². The Morgan fingerprint density at radius 1 is 1.00 bits per heavy atom. The first kappa shape index (κ1) is 11.8. The van der Waals surface area contributed by atoms with Crippen LogP contribution in [0.4, 0.5) is 14.5 Å². The lowest BCUT2D eigenvalue weighted by Gasteiger charge is -2.06. The molecule has 0 fully saturated rings. The fraction of sp³-hybridized carbons (Fsp3) is 0.133. The molecule has 0 saturated carbocycles. The largest absolute Gasteiger partial charge is 0.325 e. The van der Waals surface area contributed by atoms with Crippen LogP contribution in [0.3, 0.4) is 0 Å². The lowest BCUT2D eigenvalue weighted by atomic mass is 9.97. The van der Waals surface area contributed by atoms with Crippen LogP contribution in [0.2, 0.25) is 0 Å². The fourth-order valence-corrected chi connectivity index (χ4v) is 2.27. The van der Waals surface area contributed by atoms with E-state index in [1.54, 1.807) is 12.1 Å². The number of carbonyl (C=O) groups is 1. The number of benzene rings is 2. The van der Waals surface area contributed by atoms with Gasteiger partial charge in [-0.25, -0.2) is 8.78 Å². The van der Waals surface area contributed by atoms with Crippen molar-refractivity contribution in [1.29, 1.82) is 0 Å². The first-order chi connectivity index (χ1) is 9.06. The van der Waals surface area contributed by atoms with E-state index in [4.69, 9.17) is 0 Å². The molecule has 2 aromatic rings. The number of rotatable bonds is 1. The second-order valence-corrected chi connectivity index (χ2v) is 4.64. The van der Waals surface area contributed by atoms with Crippen LogP contribution in [0.5, 0.6) is 0 Å². The van der Waals surface area contributed by atoms with E-state index in [9.17, 15) is 13.6 Å². The number of amides is 1. The Labute approximate surface area is 109 Å². The van der Waals surface area contributed by atoms with Crippen LogP contribution in [-0.2, 0) is 4.79 Å². The summed E-state index contributed by atoms with van der Waals surface area (Å²) in [5.41, 5.74) is 3.02. The lowest BCUT2D eigenvalue weighted by Crippen LogP contribution is -2.08. The van der Waals surface area contributed by atoms with Crippen molar-refractivity contribution in [3.8, 4) is 11.1 Å². The van der Waals surface area contributed by atoms with E-state index >= 15 is 0 Å². The summed E-state index contributed by atoms with van der Waals surface area (Å²) in [4.78, 5) is 11.6. The first-order valence-electron chi connectivity index (χ1n) is 5.96. The van der Waals surface area contributed by atoms with Gasteiger partial charge in [0.05, 0.1) is 5.92 Å². The third kappa shape index (κ3) is 1.89. The van der Waals surface area contributed by atoms with Gasteiger partial charge in [0.1, 0.15) is 0 Å². The van der Waals surface area contributed by atoms with Crippen molar-refractivity contribution in [3.05, 3.63) is 53.6 Å². The zero-order valence-corrected chi connectivity index (χ0v) is 10.2. The summed E-state index contributed by atoms with van der Waals surface area (Å²) in [5.74, 6) is -2.01. The molecule has 0 spiro atoms. The predicted molar refractivity (Wildman–Crippen MR) is 68.8 cm³/mol. The van der Waals surface area contributed by atoms with Gasteiger partial charge in [-0.15, -0.1) is 0 Å². The van der Waals surface area contributed by atoms with Gasteiger partial charge in [0.25, 0.3) is 0 Å². The molecule has 2 nitrogen and oxygen atoms in total. The Bertz CT molecular complexity index is 682. The molecule has 1 heterocycles. The molecule has 0 saturated heterocycles. The predicted octanol–water partition coefficient (Wildman–Crippen LogP) is 3.69. The number of fused-ring (bicyclic) bond motifs is 1. The monoisotopic (exact) mass is 259 g/mol. The highest BCUT2D eigenvalue weighted by Crippen LogP contribution is 2.35. The maximum atomic E-state index is 13.2. The molecule has 0 bridgehead atoms. The summed E-state index contributed by atoms with van der Waals surface area (Å²) in [6.07, 6.45) is 0. The Balaban J connectivity index is 2.08. The van der Waals surface area contributed by atoms with Gasteiger partial charge in [-0.05, 0) is 47.9 Å². The van der Waals surface area contributed by atoms with Crippen molar-refractivity contribution in [2.75, 3.05) is 5.32 Å². The molecule has 96 valence electrons. The van der Waals surface area contributed by atoms with Gasteiger partial charge in [-0.3, -0.25) is 4.79 Å². The van der Waals surface area contributed by atoms with Crippen LogP contribution in [0.15, 0.2) is 36.4 Å². The Hall–Kier alpha value is -2.23. The minimum absolute atomic E-state index is 0.0440. The van der Waals surface area contributed by atoms with Crippen LogP contribution in [0.1, 0.15) is 18.4 Å². The number of nitrogens with one attached hydrogen (secondary N) is 1. The summed E-state index contributed by atoms with van der Waals surface area (Å²) < 4.78 is 26.2. The minimum Gasteiger partial charge on any atom is -0.325 e. The summed E-state index contributed by atoms with van der Waals surface area (Å²) >= 11 is 0. The normalized spacial score (nSPS) is 17.2. The third-order valence-electron chi connectivity index (χ3n) is 3.42. The summed E-state index contributed by atoms with van der Waals surface area (Å²) in [5, 5.41) is 2.77. The quantitative estimate of drug-likeness (QED) is 0.831. The van der Waals surface area contributed by atoms with E-state index in [0.717, 1.165) is 28.9 Å². The van der Waals surface area contributed by atoms with Crippen molar-refractivity contribution in [1.82, 2.24) is 0 Å². The third-order valence-corrected chi connectivity index (χ3v) is 3.42. The fourth-order valence-electron chi connectivity index (χ4n) is 2.27. The van der Waals surface area contributed by atoms with Gasteiger partial charge < -0.3 is 5.32 Å². The standard InChI is InChI=1S/C15H11F2NO/c1-8-11-6-9(3-5-14(11)18-15(8)19)10-2-4-12(16)13(17)7-10/h2-8H,1H3,(H,18,19). The number of hydrogen-bond donors (Lipinski definition) is 1. The zero-order valence-electron chi connectivity index (χ0n) is 10.2. The molecule has 1 atom stereocenters. The van der Waals surface area contributed by atoms with E-state index in [1.807, 2.05) is 13.0 Å². The summed E-state index contributed by atoms with van der Waals surface area (Å²) in [6.45, 7) is 1.82. The molecule has 1 N–H and O–H groups in total. The van der Waals surface area contributed by atoms with Gasteiger partial charge >= 0.3 is 0 Å². The number of halogens is 2. The van der Waals surface area contributed by atoms with E-state index in [2.05, 4.69) is 5.32 Å². The molecule has 2 aromatic carbocycles. The maximum absolute atomic E-state index is 13.2. The van der Waals surface area contributed by atoms with Gasteiger partial charge in [0.15, 0.2) is 11.6 Å². The maximum Gasteiger partial charge on any atom is 0.231 e. The van der Waals surface area contributed by atoms with Gasteiger partial charge in [-0.2, -0.15) is 0 Å². The SMILES string of the molecule is CC1C(=O)Nc2ccc(-c3ccc(F)c(F)c3)cc21. The van der Waals surface area contributed by atoms with Gasteiger partial charge in [0.2, 0.25) is 5.91 Å². The molecule has 4 heteroatoms. The molecule has 1 aliphatic rings. The van der Waals surface area contributed by atoms with Crippen molar-refractivity contribution in [2.45, 2.75) is 12.8 Å². The molecule has 19 heavy (non-hydrogen) atoms. The molecule has 0 aliphatic carbocycles. The van der Waals surface area contributed by atoms with E-state index in [1.165, 1.54) is 6.07 Å². The second kappa shape index (κ2) is 4.16. The van der Waals surface area contributed by atoms with E-state index < -0.39 is 11.6 Å². The second-order valence-electron chi connectivity index (χ2n) is 4.64. The molecule has 1 aliphatic heterocycles. The van der Waals surface area contributed by atoms with E-state index in [-0.39, 0.29) is 11.8 Å². The van der Waals surface area contributed by atoms with Crippen LogP contribution in [0.25, 0.3) is 11.1 Å². The van der Waals surface area contributed by atoms with Crippen LogP contribution < -0.4 is 5.32 Å². The average molecular weight is 259 g/mol. The topological polar surface area (TPSA) is 29.1 Å². The Morgan fingerprint density at radius 3 is 2.42 bits per heavy atom. The van der Waals surface area contributed by atoms with E-state index in [0.29, 0.717) is 5.56 Å². The highest BCUT2D eigenvalue weighted by atomic mass is 19.2. The molecule has 1 unspecified atom stereocenters. The average Bonchev–Trinajstić information content (AvgIpc) is 2.68. The first-order valence-corrected chi connectivity index (χ1v) is 5.96. The van der Waals surface area contributed by atoms with Crippen molar-refractivity contribution >= 4 is 11.6 Å². The molecule has 3 rings (SSSR count). The zero-order chi connectivity index (χ0) is 13.6. The van der Waals surface area contributed by atoms with Crippen LogP contribution in [0, 0.1) is 11.6 Å². The smallest absolute Gasteiger partial charge is 0.231 e. The Kier molecular flexibility index (Phi) is 2.59. The minimum atomic E-state index is -0.875. The number of hydrogen-bond acceptors (Lipinski definition) is 1. The number of anilines is 1. The number of carbonyl (C=O) groups excluding carboxylic acids is 1. The molecular formula is C15H11F2NO. The lowest BCUT2D eigenvalue weighted by molar-refractivity contribution is -0.116. The molecule has 1 amide bonds. The molecule has 0 radical (unpaired) electrons. The summed E-state index contributed by atoms with van der Waals surface area (Å²) in [6, 6.07) is 9.19. The van der Waals surface area contributed by atoms with Crippen molar-refractivity contribution in [3.63, 3.8) is 0 Å². The van der Waals surface area contributed by atoms with Gasteiger partial charge in [-0.1, -0.05) is 12.1 Å². The molecule has 0 aromatic heterocycles. The van der Waals surface area contributed by atoms with Crippen molar-refractivity contribution < 1.29 is 13.6 Å². The molecular weight excluding hydrogens is 248 g/mol. The van der Waals surface area contributed by atoms with Gasteiger partial charge in [0, 0.05) is 5.69 Å². The summed E-state index contributed by atoms with van der Waals surface area (Å²) in [7, 11) is 0.